The maximum atomic E-state index is 12.8. The first kappa shape index (κ1) is 27.5. The molecule has 8 rings (SSSR count). The quantitative estimate of drug-likeness (QED) is 0.481. The molecule has 2 heterocycles. The smallest absolute Gasteiger partial charge is 0.334 e. The van der Waals surface area contributed by atoms with Crippen LogP contribution in [0.5, 0.6) is 0 Å². The predicted octanol–water partition coefficient (Wildman–Crippen LogP) is 4.81. The van der Waals surface area contributed by atoms with Gasteiger partial charge in [0, 0.05) is 29.2 Å². The molecule has 2 N–H and O–H groups in total. The van der Waals surface area contributed by atoms with Crippen LogP contribution in [0.2, 0.25) is 0 Å². The van der Waals surface area contributed by atoms with E-state index in [-0.39, 0.29) is 40.4 Å². The lowest BCUT2D eigenvalue weighted by molar-refractivity contribution is -0.295. The number of ether oxygens (including phenoxy) is 2. The van der Waals surface area contributed by atoms with Gasteiger partial charge in [-0.1, -0.05) is 33.8 Å². The van der Waals surface area contributed by atoms with Crippen molar-refractivity contribution in [3.8, 4) is 0 Å². The van der Waals surface area contributed by atoms with Crippen molar-refractivity contribution in [1.82, 2.24) is 4.90 Å². The minimum absolute atomic E-state index is 0.0502. The monoisotopic (exact) mass is 555 g/mol. The fourth-order valence-electron chi connectivity index (χ4n) is 12.2. The third kappa shape index (κ3) is 3.50. The second-order valence-electron chi connectivity index (χ2n) is 15.8. The van der Waals surface area contributed by atoms with Crippen LogP contribution in [-0.4, -0.2) is 70.1 Å². The summed E-state index contributed by atoms with van der Waals surface area (Å²) in [5.41, 5.74) is 0.360. The van der Waals surface area contributed by atoms with Gasteiger partial charge >= 0.3 is 5.97 Å². The summed E-state index contributed by atoms with van der Waals surface area (Å²) in [7, 11) is 0. The molecule has 1 spiro atoms. The number of aliphatic hydroxyl groups is 1. The zero-order valence-electron chi connectivity index (χ0n) is 24.9. The number of ketones is 1. The number of aliphatic hydroxyl groups excluding tert-OH is 1. The molecule has 7 nitrogen and oxygen atoms in total. The van der Waals surface area contributed by atoms with Gasteiger partial charge in [0.25, 0.3) is 0 Å². The van der Waals surface area contributed by atoms with E-state index in [4.69, 9.17) is 9.47 Å². The van der Waals surface area contributed by atoms with E-state index in [2.05, 4.69) is 25.3 Å². The fourth-order valence-corrected chi connectivity index (χ4v) is 12.2. The normalized spacial score (nSPS) is 55.5. The van der Waals surface area contributed by atoms with Gasteiger partial charge in [0.05, 0.1) is 24.4 Å². The molecule has 40 heavy (non-hydrogen) atoms. The van der Waals surface area contributed by atoms with Gasteiger partial charge < -0.3 is 19.7 Å². The van der Waals surface area contributed by atoms with E-state index in [1.54, 1.807) is 0 Å². The molecule has 4 bridgehead atoms. The molecular weight excluding hydrogens is 506 g/mol. The number of carboxylic acid groups (broad SMARTS) is 1. The number of carbonyl (C=O) groups is 2. The van der Waals surface area contributed by atoms with Crippen LogP contribution in [0.1, 0.15) is 91.9 Å². The zero-order chi connectivity index (χ0) is 28.4. The molecule has 12 atom stereocenters. The summed E-state index contributed by atoms with van der Waals surface area (Å²) >= 11 is 0. The molecular formula is C33H49NO6. The molecule has 7 unspecified atom stereocenters. The van der Waals surface area contributed by atoms with Gasteiger partial charge in [-0.25, -0.2) is 4.79 Å². The molecule has 2 saturated heterocycles. The van der Waals surface area contributed by atoms with Crippen LogP contribution in [0, 0.1) is 45.8 Å². The maximum Gasteiger partial charge on any atom is 0.334 e. The van der Waals surface area contributed by atoms with E-state index < -0.39 is 23.8 Å². The van der Waals surface area contributed by atoms with Gasteiger partial charge in [0.1, 0.15) is 12.0 Å². The lowest BCUT2D eigenvalue weighted by atomic mass is 9.34. The van der Waals surface area contributed by atoms with Gasteiger partial charge in [-0.15, -0.1) is 0 Å². The van der Waals surface area contributed by atoms with Gasteiger partial charge in [0.15, 0.2) is 6.10 Å². The Hall–Kier alpha value is -1.28. The fraction of sp³-hybridized carbons (Fsp3) is 0.879. The van der Waals surface area contributed by atoms with Crippen molar-refractivity contribution in [2.24, 2.45) is 45.8 Å². The Morgan fingerprint density at radius 3 is 2.50 bits per heavy atom. The molecule has 222 valence electrons. The molecule has 2 aliphatic heterocycles. The maximum absolute atomic E-state index is 12.8. The van der Waals surface area contributed by atoms with E-state index in [0.29, 0.717) is 43.0 Å². The van der Waals surface area contributed by atoms with Crippen LogP contribution in [0.15, 0.2) is 12.2 Å². The first-order valence-corrected chi connectivity index (χ1v) is 16.0. The number of hydrogen-bond donors (Lipinski definition) is 2. The summed E-state index contributed by atoms with van der Waals surface area (Å²) in [5.74, 6) is 0.439. The average molecular weight is 556 g/mol. The van der Waals surface area contributed by atoms with E-state index in [1.165, 1.54) is 0 Å². The Morgan fingerprint density at radius 1 is 1.10 bits per heavy atom. The highest BCUT2D eigenvalue weighted by Gasteiger charge is 2.75. The standard InChI is InChI=1S/C33H49NO6/c1-18-14-31(5,15-19(2)25(18)35)39-16-22-26(28(37)38)40-29-33-10-6-9-30(4,17-34(22)29)23(33)8-12-32-11-7-21(13-24(32)33)20(3)27(32)36/h18-19,21-24,26-27,29,36H,3,6-17H2,1-2,4-5H3,(H,37,38)/t18?,19?,21-,22?,23?,24?,26?,27+,29?,30-,31?,32-,33-/m0/s1. The molecule has 7 heteroatoms. The van der Waals surface area contributed by atoms with Crippen molar-refractivity contribution in [2.45, 2.75) is 122 Å². The Balaban J connectivity index is 1.24. The number of carboxylic acids is 1. The van der Waals surface area contributed by atoms with Crippen molar-refractivity contribution in [3.05, 3.63) is 12.2 Å². The summed E-state index contributed by atoms with van der Waals surface area (Å²) in [6.07, 6.45) is 8.34. The van der Waals surface area contributed by atoms with Crippen molar-refractivity contribution < 1.29 is 29.3 Å². The molecule has 0 aromatic rings. The molecule has 6 saturated carbocycles. The number of hydrogen-bond acceptors (Lipinski definition) is 6. The number of Topliss-reactive ketones (excluding diaryl/α,β-unsaturated/α-hetero) is 1. The lowest BCUT2D eigenvalue weighted by Crippen LogP contribution is -2.74. The molecule has 8 aliphatic rings. The summed E-state index contributed by atoms with van der Waals surface area (Å²) in [6, 6.07) is -0.364. The van der Waals surface area contributed by atoms with Crippen LogP contribution in [0.4, 0.5) is 0 Å². The Morgan fingerprint density at radius 2 is 1.80 bits per heavy atom. The van der Waals surface area contributed by atoms with Gasteiger partial charge in [-0.3, -0.25) is 9.69 Å². The molecule has 8 fully saturated rings. The third-order valence-corrected chi connectivity index (χ3v) is 13.6. The number of carbonyl (C=O) groups excluding carboxylic acids is 1. The largest absolute Gasteiger partial charge is 0.479 e. The predicted molar refractivity (Wildman–Crippen MR) is 149 cm³/mol. The summed E-state index contributed by atoms with van der Waals surface area (Å²) in [5, 5.41) is 22.1. The Bertz CT molecular complexity index is 1110. The first-order chi connectivity index (χ1) is 18.9. The SMILES string of the molecule is C=C1[C@H]2CC[C@@]3(CCC4[C@@]5(C)CCC[C@@]4(C4OC(C(=O)O)C(COC6(C)CC(C)C(=O)C(C)C6)N4C5)C3C2)[C@@H]1O. The second kappa shape index (κ2) is 8.87. The topological polar surface area (TPSA) is 96.3 Å². The number of rotatable bonds is 4. The van der Waals surface area contributed by atoms with E-state index in [9.17, 15) is 19.8 Å². The van der Waals surface area contributed by atoms with Gasteiger partial charge in [-0.2, -0.15) is 0 Å². The van der Waals surface area contributed by atoms with E-state index in [0.717, 1.165) is 63.5 Å². The van der Waals surface area contributed by atoms with Gasteiger partial charge in [0.2, 0.25) is 0 Å². The first-order valence-electron chi connectivity index (χ1n) is 16.0. The van der Waals surface area contributed by atoms with Crippen LogP contribution < -0.4 is 0 Å². The van der Waals surface area contributed by atoms with Crippen LogP contribution in [0.3, 0.4) is 0 Å². The summed E-state index contributed by atoms with van der Waals surface area (Å²) in [6.45, 7) is 14.0. The summed E-state index contributed by atoms with van der Waals surface area (Å²) < 4.78 is 13.4. The highest BCUT2D eigenvalue weighted by Crippen LogP contribution is 2.75. The third-order valence-electron chi connectivity index (χ3n) is 13.6. The average Bonchev–Trinajstić information content (AvgIpc) is 3.26. The molecule has 0 aromatic carbocycles. The number of fused-ring (bicyclic) bond motifs is 3. The highest BCUT2D eigenvalue weighted by molar-refractivity contribution is 5.83. The van der Waals surface area contributed by atoms with Crippen LogP contribution >= 0.6 is 0 Å². The second-order valence-corrected chi connectivity index (χ2v) is 15.8. The molecule has 0 radical (unpaired) electrons. The molecule has 6 aliphatic carbocycles. The minimum atomic E-state index is -0.940. The van der Waals surface area contributed by atoms with E-state index in [1.807, 2.05) is 13.8 Å². The number of piperidine rings is 1. The minimum Gasteiger partial charge on any atom is -0.479 e. The number of aliphatic carboxylic acids is 1. The Labute approximate surface area is 239 Å². The highest BCUT2D eigenvalue weighted by atomic mass is 16.6. The van der Waals surface area contributed by atoms with Gasteiger partial charge in [-0.05, 0) is 93.5 Å². The van der Waals surface area contributed by atoms with Crippen molar-refractivity contribution in [1.29, 1.82) is 0 Å². The van der Waals surface area contributed by atoms with Crippen molar-refractivity contribution in [3.63, 3.8) is 0 Å². The van der Waals surface area contributed by atoms with Crippen LogP contribution in [-0.2, 0) is 19.1 Å². The molecule has 0 amide bonds. The van der Waals surface area contributed by atoms with Crippen LogP contribution in [0.25, 0.3) is 0 Å². The molecule has 0 aromatic heterocycles. The Kier molecular flexibility index (Phi) is 6.11. The van der Waals surface area contributed by atoms with Crippen molar-refractivity contribution >= 4 is 11.8 Å². The lowest BCUT2D eigenvalue weighted by Gasteiger charge is -2.74. The zero-order valence-corrected chi connectivity index (χ0v) is 24.9. The van der Waals surface area contributed by atoms with E-state index >= 15 is 0 Å². The van der Waals surface area contributed by atoms with Crippen molar-refractivity contribution in [2.75, 3.05) is 13.2 Å². The summed E-state index contributed by atoms with van der Waals surface area (Å²) in [4.78, 5) is 27.7. The number of nitrogens with zero attached hydrogens (tertiary/aromatic N) is 1.